The van der Waals surface area contributed by atoms with Gasteiger partial charge in [-0.2, -0.15) is 5.26 Å². The number of carbonyl (C=O) groups excluding carboxylic acids is 1. The van der Waals surface area contributed by atoms with Crippen molar-refractivity contribution in [3.63, 3.8) is 0 Å². The Balaban J connectivity index is 2.13. The van der Waals surface area contributed by atoms with Crippen molar-refractivity contribution in [2.75, 3.05) is 13.1 Å². The zero-order chi connectivity index (χ0) is 12.5. The topological polar surface area (TPSA) is 64.9 Å². The highest BCUT2D eigenvalue weighted by Gasteiger charge is 2.06. The highest BCUT2D eigenvalue weighted by molar-refractivity contribution is 7.09. The van der Waals surface area contributed by atoms with E-state index in [0.717, 1.165) is 6.42 Å². The van der Waals surface area contributed by atoms with Gasteiger partial charge in [-0.3, -0.25) is 4.79 Å². The molecule has 1 heterocycles. The molecule has 2 N–H and O–H groups in total. The van der Waals surface area contributed by atoms with E-state index in [9.17, 15) is 4.79 Å². The van der Waals surface area contributed by atoms with Crippen molar-refractivity contribution in [3.8, 4) is 6.07 Å². The van der Waals surface area contributed by atoms with E-state index in [-0.39, 0.29) is 11.9 Å². The maximum atomic E-state index is 11.3. The summed E-state index contributed by atoms with van der Waals surface area (Å²) in [4.78, 5) is 12.7. The molecule has 92 valence electrons. The van der Waals surface area contributed by atoms with Crippen LogP contribution >= 0.6 is 11.3 Å². The third-order valence-corrected chi connectivity index (χ3v) is 3.16. The Morgan fingerprint density at radius 1 is 1.65 bits per heavy atom. The first-order valence-corrected chi connectivity index (χ1v) is 6.49. The molecular formula is C12H17N3OS. The third kappa shape index (κ3) is 6.05. The van der Waals surface area contributed by atoms with E-state index in [0.29, 0.717) is 19.5 Å². The van der Waals surface area contributed by atoms with E-state index in [4.69, 9.17) is 5.26 Å². The Labute approximate surface area is 106 Å². The van der Waals surface area contributed by atoms with Crippen LogP contribution in [0.15, 0.2) is 17.5 Å². The molecule has 4 nitrogen and oxygen atoms in total. The summed E-state index contributed by atoms with van der Waals surface area (Å²) in [7, 11) is 0. The monoisotopic (exact) mass is 251 g/mol. The molecule has 1 unspecified atom stereocenters. The molecule has 0 spiro atoms. The molecule has 1 rings (SSSR count). The van der Waals surface area contributed by atoms with Crippen LogP contribution in [-0.4, -0.2) is 25.0 Å². The summed E-state index contributed by atoms with van der Waals surface area (Å²) in [5.74, 6) is -0.0571. The molecule has 0 bridgehead atoms. The molecule has 0 saturated carbocycles. The molecule has 17 heavy (non-hydrogen) atoms. The average molecular weight is 251 g/mol. The van der Waals surface area contributed by atoms with Crippen molar-refractivity contribution in [1.82, 2.24) is 10.6 Å². The number of carbonyl (C=O) groups is 1. The molecular weight excluding hydrogens is 234 g/mol. The summed E-state index contributed by atoms with van der Waals surface area (Å²) in [5, 5.41) is 16.2. The highest BCUT2D eigenvalue weighted by atomic mass is 32.1. The fourth-order valence-corrected chi connectivity index (χ4v) is 2.23. The minimum absolute atomic E-state index is 0.0571. The molecule has 1 aromatic rings. The van der Waals surface area contributed by atoms with E-state index in [1.165, 1.54) is 4.88 Å². The quantitative estimate of drug-likeness (QED) is 0.718. The molecule has 0 saturated heterocycles. The molecule has 0 radical (unpaired) electrons. The van der Waals surface area contributed by atoms with Crippen molar-refractivity contribution >= 4 is 17.2 Å². The van der Waals surface area contributed by atoms with Crippen LogP contribution in [0.3, 0.4) is 0 Å². The third-order valence-electron chi connectivity index (χ3n) is 2.26. The molecule has 5 heteroatoms. The van der Waals surface area contributed by atoms with E-state index < -0.39 is 0 Å². The van der Waals surface area contributed by atoms with Crippen LogP contribution in [0.4, 0.5) is 0 Å². The van der Waals surface area contributed by atoms with Crippen LogP contribution in [0.25, 0.3) is 0 Å². The van der Waals surface area contributed by atoms with E-state index in [1.54, 1.807) is 11.3 Å². The van der Waals surface area contributed by atoms with E-state index in [2.05, 4.69) is 29.0 Å². The number of hydrogen-bond donors (Lipinski definition) is 2. The van der Waals surface area contributed by atoms with Gasteiger partial charge >= 0.3 is 0 Å². The fourth-order valence-electron chi connectivity index (χ4n) is 1.39. The summed E-state index contributed by atoms with van der Waals surface area (Å²) in [6.07, 6.45) is 1.29. The van der Waals surface area contributed by atoms with Crippen molar-refractivity contribution in [2.24, 2.45) is 0 Å². The van der Waals surface area contributed by atoms with Crippen LogP contribution in [0.5, 0.6) is 0 Å². The largest absolute Gasteiger partial charge is 0.354 e. The molecule has 0 fully saturated rings. The lowest BCUT2D eigenvalue weighted by Gasteiger charge is -2.12. The molecule has 0 aliphatic rings. The summed E-state index contributed by atoms with van der Waals surface area (Å²) >= 11 is 1.73. The minimum atomic E-state index is -0.0571. The number of amides is 1. The molecule has 1 aromatic heterocycles. The van der Waals surface area contributed by atoms with Gasteiger partial charge in [0.1, 0.15) is 0 Å². The van der Waals surface area contributed by atoms with Gasteiger partial charge in [-0.15, -0.1) is 11.3 Å². The predicted octanol–water partition coefficient (Wildman–Crippen LogP) is 1.30. The van der Waals surface area contributed by atoms with Crippen LogP contribution in [0, 0.1) is 11.3 Å². The summed E-state index contributed by atoms with van der Waals surface area (Å²) < 4.78 is 0. The number of rotatable bonds is 7. The lowest BCUT2D eigenvalue weighted by atomic mass is 10.2. The first-order valence-electron chi connectivity index (χ1n) is 5.61. The highest BCUT2D eigenvalue weighted by Crippen LogP contribution is 2.10. The van der Waals surface area contributed by atoms with Gasteiger partial charge in [0.25, 0.3) is 0 Å². The van der Waals surface area contributed by atoms with E-state index >= 15 is 0 Å². The van der Waals surface area contributed by atoms with Gasteiger partial charge in [0, 0.05) is 17.5 Å². The van der Waals surface area contributed by atoms with E-state index in [1.807, 2.05) is 12.1 Å². The normalized spacial score (nSPS) is 11.8. The Hall–Kier alpha value is -1.38. The summed E-state index contributed by atoms with van der Waals surface area (Å²) in [6, 6.07) is 6.38. The second-order valence-corrected chi connectivity index (χ2v) is 4.86. The van der Waals surface area contributed by atoms with Crippen LogP contribution in [-0.2, 0) is 11.2 Å². The van der Waals surface area contributed by atoms with Crippen molar-refractivity contribution in [3.05, 3.63) is 22.4 Å². The fraction of sp³-hybridized carbons (Fsp3) is 0.500. The molecule has 0 aromatic carbocycles. The van der Waals surface area contributed by atoms with Crippen molar-refractivity contribution in [1.29, 1.82) is 5.26 Å². The predicted molar refractivity (Wildman–Crippen MR) is 68.7 cm³/mol. The number of hydrogen-bond acceptors (Lipinski definition) is 4. The Bertz CT molecular complexity index is 370. The maximum absolute atomic E-state index is 11.3. The second-order valence-electron chi connectivity index (χ2n) is 3.82. The molecule has 1 amide bonds. The first-order chi connectivity index (χ1) is 8.22. The Morgan fingerprint density at radius 3 is 3.12 bits per heavy atom. The van der Waals surface area contributed by atoms with Crippen LogP contribution in [0.2, 0.25) is 0 Å². The van der Waals surface area contributed by atoms with Gasteiger partial charge in [-0.1, -0.05) is 6.07 Å². The molecule has 0 aliphatic carbocycles. The number of thiophene rings is 1. The SMILES string of the molecule is CC(Cc1cccs1)NCC(=O)NCCC#N. The number of nitriles is 1. The maximum Gasteiger partial charge on any atom is 0.233 e. The van der Waals surface area contributed by atoms with Crippen LogP contribution in [0.1, 0.15) is 18.2 Å². The first kappa shape index (κ1) is 13.7. The standard InChI is InChI=1S/C12H17N3OS/c1-10(8-11-4-2-7-17-11)15-9-12(16)14-6-3-5-13/h2,4,7,10,15H,3,6,8-9H2,1H3,(H,14,16). The summed E-state index contributed by atoms with van der Waals surface area (Å²) in [5.41, 5.74) is 0. The molecule has 1 atom stereocenters. The lowest BCUT2D eigenvalue weighted by molar-refractivity contribution is -0.120. The summed E-state index contributed by atoms with van der Waals surface area (Å²) in [6.45, 7) is 2.79. The van der Waals surface area contributed by atoms with Gasteiger partial charge in [0.15, 0.2) is 0 Å². The number of nitrogens with zero attached hydrogens (tertiary/aromatic N) is 1. The second kappa shape index (κ2) is 7.82. The zero-order valence-electron chi connectivity index (χ0n) is 9.90. The van der Waals surface area contributed by atoms with Crippen LogP contribution < -0.4 is 10.6 Å². The number of nitrogens with one attached hydrogen (secondary N) is 2. The van der Waals surface area contributed by atoms with Gasteiger partial charge in [0.2, 0.25) is 5.91 Å². The van der Waals surface area contributed by atoms with Gasteiger partial charge < -0.3 is 10.6 Å². The zero-order valence-corrected chi connectivity index (χ0v) is 10.7. The van der Waals surface area contributed by atoms with Gasteiger partial charge in [-0.05, 0) is 24.8 Å². The van der Waals surface area contributed by atoms with Gasteiger partial charge in [0.05, 0.1) is 19.0 Å². The van der Waals surface area contributed by atoms with Gasteiger partial charge in [-0.25, -0.2) is 0 Å². The Morgan fingerprint density at radius 2 is 2.47 bits per heavy atom. The molecule has 0 aliphatic heterocycles. The minimum Gasteiger partial charge on any atom is -0.354 e. The van der Waals surface area contributed by atoms with Crippen molar-refractivity contribution < 1.29 is 4.79 Å². The average Bonchev–Trinajstić information content (AvgIpc) is 2.79. The lowest BCUT2D eigenvalue weighted by Crippen LogP contribution is -2.39. The van der Waals surface area contributed by atoms with Crippen molar-refractivity contribution in [2.45, 2.75) is 25.8 Å². The smallest absolute Gasteiger partial charge is 0.233 e. The Kier molecular flexibility index (Phi) is 6.30.